The van der Waals surface area contributed by atoms with Gasteiger partial charge in [0.05, 0.1) is 25.0 Å². The second kappa shape index (κ2) is 8.39. The number of nitriles is 1. The van der Waals surface area contributed by atoms with E-state index in [-0.39, 0.29) is 23.4 Å². The van der Waals surface area contributed by atoms with E-state index in [0.29, 0.717) is 23.1 Å². The Balaban J connectivity index is 2.05. The first kappa shape index (κ1) is 19.8. The summed E-state index contributed by atoms with van der Waals surface area (Å²) < 4.78 is 39.6. The van der Waals surface area contributed by atoms with Gasteiger partial charge in [0.2, 0.25) is 0 Å². The number of hydrogen-bond acceptors (Lipinski definition) is 6. The molecule has 2 aromatic carbocycles. The van der Waals surface area contributed by atoms with Crippen molar-refractivity contribution in [1.82, 2.24) is 4.72 Å². The largest absolute Gasteiger partial charge is 0.497 e. The van der Waals surface area contributed by atoms with Gasteiger partial charge in [-0.25, -0.2) is 0 Å². The van der Waals surface area contributed by atoms with Crippen LogP contribution in [0.2, 0.25) is 0 Å². The lowest BCUT2D eigenvalue weighted by molar-refractivity contribution is 0.100. The fourth-order valence-electron chi connectivity index (χ4n) is 2.83. The predicted octanol–water partition coefficient (Wildman–Crippen LogP) is 1.84. The van der Waals surface area contributed by atoms with E-state index < -0.39 is 22.2 Å². The second-order valence-electron chi connectivity index (χ2n) is 6.11. The second-order valence-corrected chi connectivity index (χ2v) is 7.66. The van der Waals surface area contributed by atoms with Crippen LogP contribution in [0.25, 0.3) is 0 Å². The highest BCUT2D eigenvalue weighted by Crippen LogP contribution is 2.26. The van der Waals surface area contributed by atoms with E-state index in [0.717, 1.165) is 0 Å². The van der Waals surface area contributed by atoms with E-state index in [2.05, 4.69) is 4.72 Å². The summed E-state index contributed by atoms with van der Waals surface area (Å²) in [6.07, 6.45) is 0.504. The molecule has 28 heavy (non-hydrogen) atoms. The van der Waals surface area contributed by atoms with Gasteiger partial charge in [0.25, 0.3) is 5.91 Å². The number of rotatable bonds is 6. The Kier molecular flexibility index (Phi) is 5.94. The number of nitrogens with one attached hydrogen (secondary N) is 1. The Bertz CT molecular complexity index is 993. The lowest BCUT2D eigenvalue weighted by Crippen LogP contribution is -2.48. The number of hydrogen-bond donors (Lipinski definition) is 1. The van der Waals surface area contributed by atoms with E-state index in [1.807, 2.05) is 6.07 Å². The number of anilines is 1. The fourth-order valence-corrected chi connectivity index (χ4v) is 4.29. The maximum Gasteiger partial charge on any atom is 0.308 e. The molecule has 146 valence electrons. The molecule has 0 radical (unpaired) electrons. The van der Waals surface area contributed by atoms with Crippen molar-refractivity contribution in [1.29, 1.82) is 5.26 Å². The van der Waals surface area contributed by atoms with E-state index in [4.69, 9.17) is 9.47 Å². The number of methoxy groups -OCH3 is 1. The molecule has 0 aromatic heterocycles. The third-order valence-corrected chi connectivity index (χ3v) is 5.72. The van der Waals surface area contributed by atoms with Crippen molar-refractivity contribution < 1.29 is 22.7 Å². The monoisotopic (exact) mass is 401 g/mol. The molecule has 2 aromatic rings. The summed E-state index contributed by atoms with van der Waals surface area (Å²) in [7, 11) is -2.79. The first-order valence-electron chi connectivity index (χ1n) is 8.54. The van der Waals surface area contributed by atoms with Crippen LogP contribution < -0.4 is 13.8 Å². The molecule has 1 saturated heterocycles. The molecular formula is C19H19N3O5S. The molecule has 1 aliphatic heterocycles. The maximum absolute atomic E-state index is 13.2. The summed E-state index contributed by atoms with van der Waals surface area (Å²) in [5.41, 5.74) is 0.191. The summed E-state index contributed by atoms with van der Waals surface area (Å²) in [6.45, 7) is 0.665. The van der Waals surface area contributed by atoms with Crippen molar-refractivity contribution in [3.63, 3.8) is 0 Å². The van der Waals surface area contributed by atoms with Gasteiger partial charge in [-0.15, -0.1) is 0 Å². The van der Waals surface area contributed by atoms with Gasteiger partial charge in [-0.1, -0.05) is 12.1 Å². The summed E-state index contributed by atoms with van der Waals surface area (Å²) in [5, 5.41) is 9.40. The molecule has 0 saturated carbocycles. The number of nitrogens with zero attached hydrogens (tertiary/aromatic N) is 2. The molecule has 1 atom stereocenters. The Hall–Kier alpha value is -2.93. The maximum atomic E-state index is 13.2. The third-order valence-electron chi connectivity index (χ3n) is 4.25. The molecule has 3 rings (SSSR count). The molecule has 0 spiro atoms. The first-order valence-corrected chi connectivity index (χ1v) is 9.98. The van der Waals surface area contributed by atoms with Gasteiger partial charge in [0.15, 0.2) is 0 Å². The average molecular weight is 401 g/mol. The lowest BCUT2D eigenvalue weighted by Gasteiger charge is -2.25. The standard InChI is InChI=1S/C19H19N3O5S/c1-26-17-8-6-14(7-9-17)19(23)22(18-5-3-2-4-15(18)12-20)28(24,25)21-16-10-11-27-13-16/h2-9,16,21H,10-11,13H2,1H3/t16-/m0/s1. The first-order chi connectivity index (χ1) is 13.5. The molecular weight excluding hydrogens is 382 g/mol. The van der Waals surface area contributed by atoms with Crippen LogP contribution in [0.3, 0.4) is 0 Å². The van der Waals surface area contributed by atoms with Crippen LogP contribution in [0.1, 0.15) is 22.3 Å². The zero-order valence-corrected chi connectivity index (χ0v) is 16.0. The molecule has 1 aliphatic rings. The van der Waals surface area contributed by atoms with Crippen molar-refractivity contribution >= 4 is 21.8 Å². The zero-order valence-electron chi connectivity index (χ0n) is 15.2. The number of para-hydroxylation sites is 1. The van der Waals surface area contributed by atoms with Gasteiger partial charge < -0.3 is 9.47 Å². The summed E-state index contributed by atoms with van der Waals surface area (Å²) in [5.74, 6) is -0.249. The number of benzene rings is 2. The van der Waals surface area contributed by atoms with Gasteiger partial charge in [0.1, 0.15) is 11.8 Å². The van der Waals surface area contributed by atoms with E-state index in [1.165, 1.54) is 31.4 Å². The molecule has 0 unspecified atom stereocenters. The van der Waals surface area contributed by atoms with Crippen LogP contribution in [-0.4, -0.2) is 40.7 Å². The van der Waals surface area contributed by atoms with Crippen LogP contribution in [0.4, 0.5) is 5.69 Å². The summed E-state index contributed by atoms with van der Waals surface area (Å²) >= 11 is 0. The third kappa shape index (κ3) is 4.14. The molecule has 1 amide bonds. The molecule has 8 nitrogen and oxygen atoms in total. The van der Waals surface area contributed by atoms with Crippen molar-refractivity contribution in [3.05, 3.63) is 59.7 Å². The topological polar surface area (TPSA) is 109 Å². The summed E-state index contributed by atoms with van der Waals surface area (Å²) in [4.78, 5) is 13.2. The van der Waals surface area contributed by atoms with Gasteiger partial charge >= 0.3 is 10.2 Å². The Labute approximate surface area is 163 Å². The Morgan fingerprint density at radius 1 is 1.25 bits per heavy atom. The number of carbonyl (C=O) groups is 1. The van der Waals surface area contributed by atoms with Crippen molar-refractivity contribution in [2.24, 2.45) is 0 Å². The van der Waals surface area contributed by atoms with Crippen molar-refractivity contribution in [2.75, 3.05) is 24.6 Å². The smallest absolute Gasteiger partial charge is 0.308 e. The quantitative estimate of drug-likeness (QED) is 0.791. The Morgan fingerprint density at radius 3 is 2.57 bits per heavy atom. The van der Waals surface area contributed by atoms with Crippen molar-refractivity contribution in [2.45, 2.75) is 12.5 Å². The number of carbonyl (C=O) groups excluding carboxylic acids is 1. The molecule has 1 N–H and O–H groups in total. The molecule has 1 fully saturated rings. The highest BCUT2D eigenvalue weighted by Gasteiger charge is 2.34. The van der Waals surface area contributed by atoms with Gasteiger partial charge in [-0.3, -0.25) is 4.79 Å². The minimum atomic E-state index is -4.28. The fraction of sp³-hybridized carbons (Fsp3) is 0.263. The molecule has 0 bridgehead atoms. The van der Waals surface area contributed by atoms with E-state index in [1.54, 1.807) is 24.3 Å². The molecule has 0 aliphatic carbocycles. The SMILES string of the molecule is COc1ccc(C(=O)N(c2ccccc2C#N)S(=O)(=O)N[C@H]2CCOC2)cc1. The van der Waals surface area contributed by atoms with Gasteiger partial charge in [-0.05, 0) is 42.8 Å². The highest BCUT2D eigenvalue weighted by molar-refractivity contribution is 7.91. The van der Waals surface area contributed by atoms with Crippen LogP contribution in [0, 0.1) is 11.3 Å². The van der Waals surface area contributed by atoms with Crippen LogP contribution >= 0.6 is 0 Å². The predicted molar refractivity (Wildman–Crippen MR) is 102 cm³/mol. The lowest BCUT2D eigenvalue weighted by atomic mass is 10.1. The van der Waals surface area contributed by atoms with Gasteiger partial charge in [-0.2, -0.15) is 22.7 Å². The highest BCUT2D eigenvalue weighted by atomic mass is 32.2. The van der Waals surface area contributed by atoms with Gasteiger partial charge in [0, 0.05) is 18.2 Å². The minimum Gasteiger partial charge on any atom is -0.497 e. The minimum absolute atomic E-state index is 0.0165. The average Bonchev–Trinajstić information content (AvgIpc) is 3.20. The van der Waals surface area contributed by atoms with E-state index >= 15 is 0 Å². The zero-order chi connectivity index (χ0) is 20.1. The summed E-state index contributed by atoms with van der Waals surface area (Å²) in [6, 6.07) is 13.6. The Morgan fingerprint density at radius 2 is 1.96 bits per heavy atom. The van der Waals surface area contributed by atoms with Crippen LogP contribution in [0.5, 0.6) is 5.75 Å². The van der Waals surface area contributed by atoms with Crippen LogP contribution in [-0.2, 0) is 14.9 Å². The molecule has 1 heterocycles. The van der Waals surface area contributed by atoms with E-state index in [9.17, 15) is 18.5 Å². The molecule has 9 heteroatoms. The van der Waals surface area contributed by atoms with Crippen molar-refractivity contribution in [3.8, 4) is 11.8 Å². The normalized spacial score (nSPS) is 16.4. The van der Waals surface area contributed by atoms with Crippen LogP contribution in [0.15, 0.2) is 48.5 Å². The number of ether oxygens (including phenoxy) is 2. The number of amides is 1.